The minimum atomic E-state index is -0.762. The highest BCUT2D eigenvalue weighted by Crippen LogP contribution is 2.09. The lowest BCUT2D eigenvalue weighted by Gasteiger charge is -2.10. The SMILES string of the molecule is [CH2]CCC(C)(C)[O]. The third-order valence-corrected chi connectivity index (χ3v) is 0.779. The monoisotopic (exact) mass is 100 g/mol. The van der Waals surface area contributed by atoms with Crippen LogP contribution in [0.5, 0.6) is 0 Å². The second-order valence-corrected chi connectivity index (χ2v) is 2.36. The quantitative estimate of drug-likeness (QED) is 0.504. The Morgan fingerprint density at radius 3 is 2.00 bits per heavy atom. The standard InChI is InChI=1S/C6H12O/c1-4-5-6(2,3)7/h1,4-5H2,2-3H3. The van der Waals surface area contributed by atoms with Crippen molar-refractivity contribution in [1.29, 1.82) is 0 Å². The van der Waals surface area contributed by atoms with Crippen LogP contribution in [0.15, 0.2) is 0 Å². The Hall–Kier alpha value is -0.0400. The van der Waals surface area contributed by atoms with Gasteiger partial charge in [-0.3, -0.25) is 0 Å². The molecule has 0 N–H and O–H groups in total. The molecule has 0 aliphatic rings. The van der Waals surface area contributed by atoms with Crippen LogP contribution in [0.25, 0.3) is 0 Å². The van der Waals surface area contributed by atoms with Crippen LogP contribution < -0.4 is 0 Å². The van der Waals surface area contributed by atoms with Crippen molar-refractivity contribution in [3.63, 3.8) is 0 Å². The third kappa shape index (κ3) is 5.96. The first kappa shape index (κ1) is 6.96. The molecule has 0 atom stereocenters. The van der Waals surface area contributed by atoms with Crippen LogP contribution in [-0.2, 0) is 5.11 Å². The Bertz CT molecular complexity index is 42.6. The van der Waals surface area contributed by atoms with Crippen LogP contribution in [0.2, 0.25) is 0 Å². The van der Waals surface area contributed by atoms with Gasteiger partial charge in [0, 0.05) is 0 Å². The van der Waals surface area contributed by atoms with E-state index in [0.29, 0.717) is 6.42 Å². The number of hydrogen-bond donors (Lipinski definition) is 0. The summed E-state index contributed by atoms with van der Waals surface area (Å²) in [6, 6.07) is 0. The fraction of sp³-hybridized carbons (Fsp3) is 0.833. The normalized spacial score (nSPS) is 12.0. The first-order chi connectivity index (χ1) is 3.06. The Balaban J connectivity index is 3.15. The molecule has 0 saturated carbocycles. The van der Waals surface area contributed by atoms with Gasteiger partial charge in [0.05, 0.1) is 5.60 Å². The van der Waals surface area contributed by atoms with Gasteiger partial charge in [-0.15, -0.1) is 0 Å². The number of rotatable bonds is 2. The average Bonchev–Trinajstić information content (AvgIpc) is 1.30. The van der Waals surface area contributed by atoms with Gasteiger partial charge < -0.3 is 0 Å². The Labute approximate surface area is 45.4 Å². The fourth-order valence-electron chi connectivity index (χ4n) is 0.426. The average molecular weight is 100 g/mol. The maximum Gasteiger partial charge on any atom is 0.0980 e. The zero-order chi connectivity index (χ0) is 5.91. The van der Waals surface area contributed by atoms with Gasteiger partial charge in [-0.05, 0) is 20.3 Å². The van der Waals surface area contributed by atoms with Crippen LogP contribution in [0.4, 0.5) is 0 Å². The molecule has 7 heavy (non-hydrogen) atoms. The van der Waals surface area contributed by atoms with Crippen molar-refractivity contribution in [2.45, 2.75) is 32.3 Å². The van der Waals surface area contributed by atoms with Gasteiger partial charge in [0.15, 0.2) is 0 Å². The molecule has 1 nitrogen and oxygen atoms in total. The molecule has 0 fully saturated rings. The Morgan fingerprint density at radius 1 is 1.57 bits per heavy atom. The van der Waals surface area contributed by atoms with E-state index in [1.165, 1.54) is 0 Å². The molecule has 0 bridgehead atoms. The molecule has 0 heterocycles. The Morgan fingerprint density at radius 2 is 2.00 bits per heavy atom. The maximum atomic E-state index is 10.7. The second kappa shape index (κ2) is 2.31. The lowest BCUT2D eigenvalue weighted by atomic mass is 10.0. The van der Waals surface area contributed by atoms with Crippen LogP contribution in [0, 0.1) is 6.92 Å². The van der Waals surface area contributed by atoms with Gasteiger partial charge in [0.1, 0.15) is 0 Å². The van der Waals surface area contributed by atoms with E-state index in [-0.39, 0.29) is 0 Å². The van der Waals surface area contributed by atoms with E-state index in [9.17, 15) is 5.11 Å². The fourth-order valence-corrected chi connectivity index (χ4v) is 0.426. The minimum Gasteiger partial charge on any atom is -0.230 e. The van der Waals surface area contributed by atoms with Crippen LogP contribution in [-0.4, -0.2) is 5.60 Å². The summed E-state index contributed by atoms with van der Waals surface area (Å²) in [6.45, 7) is 6.93. The van der Waals surface area contributed by atoms with Crippen molar-refractivity contribution in [3.8, 4) is 0 Å². The molecule has 0 rings (SSSR count). The summed E-state index contributed by atoms with van der Waals surface area (Å²) >= 11 is 0. The van der Waals surface area contributed by atoms with Crippen molar-refractivity contribution < 1.29 is 5.11 Å². The molecule has 0 unspecified atom stereocenters. The summed E-state index contributed by atoms with van der Waals surface area (Å²) in [5.41, 5.74) is -0.762. The second-order valence-electron chi connectivity index (χ2n) is 2.36. The predicted octanol–water partition coefficient (Wildman–Crippen LogP) is 1.81. The van der Waals surface area contributed by atoms with Gasteiger partial charge in [0.2, 0.25) is 0 Å². The van der Waals surface area contributed by atoms with E-state index in [1.54, 1.807) is 13.8 Å². The molecule has 1 heteroatoms. The summed E-state index contributed by atoms with van der Waals surface area (Å²) in [4.78, 5) is 0. The molecular formula is C6H12O. The van der Waals surface area contributed by atoms with Crippen molar-refractivity contribution in [2.75, 3.05) is 0 Å². The smallest absolute Gasteiger partial charge is 0.0980 e. The summed E-state index contributed by atoms with van der Waals surface area (Å²) in [6.07, 6.45) is 1.42. The number of hydrogen-bond acceptors (Lipinski definition) is 0. The summed E-state index contributed by atoms with van der Waals surface area (Å²) in [5, 5.41) is 10.7. The third-order valence-electron chi connectivity index (χ3n) is 0.779. The van der Waals surface area contributed by atoms with E-state index >= 15 is 0 Å². The first-order valence-corrected chi connectivity index (χ1v) is 2.56. The molecule has 42 valence electrons. The zero-order valence-corrected chi connectivity index (χ0v) is 5.03. The lowest BCUT2D eigenvalue weighted by molar-refractivity contribution is -0.00232. The van der Waals surface area contributed by atoms with E-state index in [2.05, 4.69) is 6.92 Å². The van der Waals surface area contributed by atoms with Gasteiger partial charge in [0.25, 0.3) is 0 Å². The van der Waals surface area contributed by atoms with Crippen LogP contribution in [0.3, 0.4) is 0 Å². The molecule has 0 aromatic rings. The molecule has 0 saturated heterocycles. The van der Waals surface area contributed by atoms with Crippen molar-refractivity contribution in [2.24, 2.45) is 0 Å². The molecule has 0 aromatic carbocycles. The summed E-state index contributed by atoms with van der Waals surface area (Å²) < 4.78 is 0. The molecule has 0 aliphatic carbocycles. The van der Waals surface area contributed by atoms with E-state index in [4.69, 9.17) is 0 Å². The van der Waals surface area contributed by atoms with E-state index < -0.39 is 5.60 Å². The predicted molar refractivity (Wildman–Crippen MR) is 29.4 cm³/mol. The minimum absolute atomic E-state index is 0.674. The van der Waals surface area contributed by atoms with Crippen molar-refractivity contribution >= 4 is 0 Å². The molecule has 0 amide bonds. The highest BCUT2D eigenvalue weighted by Gasteiger charge is 2.11. The molecular weight excluding hydrogens is 88.1 g/mol. The zero-order valence-electron chi connectivity index (χ0n) is 5.03. The summed E-state index contributed by atoms with van der Waals surface area (Å²) in [7, 11) is 0. The maximum absolute atomic E-state index is 10.7. The largest absolute Gasteiger partial charge is 0.230 e. The molecule has 0 spiro atoms. The lowest BCUT2D eigenvalue weighted by Crippen LogP contribution is -2.14. The van der Waals surface area contributed by atoms with Gasteiger partial charge >= 0.3 is 0 Å². The molecule has 2 radical (unpaired) electrons. The van der Waals surface area contributed by atoms with E-state index in [1.807, 2.05) is 0 Å². The summed E-state index contributed by atoms with van der Waals surface area (Å²) in [5.74, 6) is 0. The highest BCUT2D eigenvalue weighted by atomic mass is 16.3. The topological polar surface area (TPSA) is 19.9 Å². The van der Waals surface area contributed by atoms with Crippen molar-refractivity contribution in [1.82, 2.24) is 0 Å². The highest BCUT2D eigenvalue weighted by molar-refractivity contribution is 4.63. The van der Waals surface area contributed by atoms with Gasteiger partial charge in [-0.1, -0.05) is 13.3 Å². The van der Waals surface area contributed by atoms with Crippen molar-refractivity contribution in [3.05, 3.63) is 6.92 Å². The molecule has 0 aromatic heterocycles. The van der Waals surface area contributed by atoms with Gasteiger partial charge in [-0.25, -0.2) is 5.11 Å². The van der Waals surface area contributed by atoms with Crippen LogP contribution >= 0.6 is 0 Å². The van der Waals surface area contributed by atoms with Crippen LogP contribution in [0.1, 0.15) is 26.7 Å². The first-order valence-electron chi connectivity index (χ1n) is 2.56. The van der Waals surface area contributed by atoms with Gasteiger partial charge in [-0.2, -0.15) is 0 Å². The van der Waals surface area contributed by atoms with E-state index in [0.717, 1.165) is 6.42 Å². The Kier molecular flexibility index (Phi) is 2.30. The molecule has 0 aliphatic heterocycles.